The number of aliphatic hydroxyl groups is 1. The first-order valence-electron chi connectivity index (χ1n) is 29.6. The highest BCUT2D eigenvalue weighted by molar-refractivity contribution is 5.99. The van der Waals surface area contributed by atoms with Crippen molar-refractivity contribution in [3.8, 4) is 33.8 Å². The predicted octanol–water partition coefficient (Wildman–Crippen LogP) is 6.49. The number of benzene rings is 2. The Morgan fingerprint density at radius 1 is 0.506 bits per heavy atom. The van der Waals surface area contributed by atoms with E-state index >= 15 is 0 Å². The Kier molecular flexibility index (Phi) is 23.4. The molecule has 0 saturated carbocycles. The fourth-order valence-electron chi connectivity index (χ4n) is 11.3. The first-order chi connectivity index (χ1) is 42.9. The zero-order valence-corrected chi connectivity index (χ0v) is 50.8. The molecule has 10 heterocycles. The summed E-state index contributed by atoms with van der Waals surface area (Å²) in [6.07, 6.45) is 18.5. The van der Waals surface area contributed by atoms with Crippen LogP contribution in [0.25, 0.3) is 55.4 Å². The molecule has 27 heteroatoms. The summed E-state index contributed by atoms with van der Waals surface area (Å²) < 4.78 is 42.5. The summed E-state index contributed by atoms with van der Waals surface area (Å²) in [5, 5.41) is 50.0. The second-order valence-corrected chi connectivity index (χ2v) is 22.0. The number of hydrogen-bond donors (Lipinski definition) is 5. The van der Waals surface area contributed by atoms with Crippen LogP contribution in [0.2, 0.25) is 0 Å². The van der Waals surface area contributed by atoms with Crippen LogP contribution in [0.1, 0.15) is 58.3 Å². The van der Waals surface area contributed by atoms with Crippen LogP contribution in [-0.4, -0.2) is 234 Å². The summed E-state index contributed by atoms with van der Waals surface area (Å²) in [6, 6.07) is 11.4. The van der Waals surface area contributed by atoms with Gasteiger partial charge < -0.3 is 54.6 Å². The van der Waals surface area contributed by atoms with Gasteiger partial charge in [0.15, 0.2) is 34.4 Å². The molecule has 0 bridgehead atoms. The minimum Gasteiger partial charge on any atom is -0.494 e. The van der Waals surface area contributed by atoms with Crippen molar-refractivity contribution >= 4 is 68.4 Å². The molecule has 2 aromatic carbocycles. The number of carboxylic acids is 4. The lowest BCUT2D eigenvalue weighted by Crippen LogP contribution is -2.52. The van der Waals surface area contributed by atoms with E-state index in [0.717, 1.165) is 108 Å². The van der Waals surface area contributed by atoms with Gasteiger partial charge in [0.05, 0.1) is 99.5 Å². The molecule has 25 nitrogen and oxygen atoms in total. The summed E-state index contributed by atoms with van der Waals surface area (Å²) in [5.41, 5.74) is 8.40. The molecule has 8 aromatic rings. The molecule has 4 fully saturated rings. The van der Waals surface area contributed by atoms with Crippen molar-refractivity contribution in [1.29, 1.82) is 0 Å². The lowest BCUT2D eigenvalue weighted by atomic mass is 10.0. The minimum atomic E-state index is -1.08. The van der Waals surface area contributed by atoms with E-state index in [4.69, 9.17) is 45.0 Å². The van der Waals surface area contributed by atoms with Gasteiger partial charge in [-0.15, -0.1) is 0 Å². The summed E-state index contributed by atoms with van der Waals surface area (Å²) in [4.78, 5) is 71.8. The maximum absolute atomic E-state index is 14.2. The zero-order chi connectivity index (χ0) is 63.7. The number of carboxylic acid groups (broad SMARTS) is 4. The molecule has 4 aliphatic heterocycles. The maximum atomic E-state index is 14.2. The first kappa shape index (κ1) is 66.2. The van der Waals surface area contributed by atoms with Crippen molar-refractivity contribution in [2.75, 3.05) is 123 Å². The van der Waals surface area contributed by atoms with E-state index in [0.29, 0.717) is 23.1 Å². The smallest absolute Gasteiger partial charge is 0.303 e. The van der Waals surface area contributed by atoms with E-state index in [9.17, 15) is 28.0 Å². The van der Waals surface area contributed by atoms with Gasteiger partial charge in [0.1, 0.15) is 0 Å². The monoisotopic (exact) mass is 1230 g/mol. The van der Waals surface area contributed by atoms with E-state index in [1.165, 1.54) is 78.2 Å². The van der Waals surface area contributed by atoms with Gasteiger partial charge in [0.2, 0.25) is 0 Å². The van der Waals surface area contributed by atoms with Crippen LogP contribution in [0.15, 0.2) is 86.0 Å². The Balaban J connectivity index is 0.000000179. The van der Waals surface area contributed by atoms with Crippen LogP contribution in [0.3, 0.4) is 0 Å². The number of ether oxygens (including phenoxy) is 2. The number of halogens is 2. The summed E-state index contributed by atoms with van der Waals surface area (Å²) in [7, 11) is 7.34. The second-order valence-electron chi connectivity index (χ2n) is 22.0. The van der Waals surface area contributed by atoms with Crippen molar-refractivity contribution in [3.05, 3.63) is 97.6 Å². The van der Waals surface area contributed by atoms with E-state index < -0.39 is 35.5 Å². The topological polar surface area (TPSA) is 293 Å². The molecule has 0 unspecified atom stereocenters. The molecule has 12 rings (SSSR count). The summed E-state index contributed by atoms with van der Waals surface area (Å²) >= 11 is 0. The highest BCUT2D eigenvalue weighted by Gasteiger charge is 2.29. The number of aliphatic carboxylic acids is 4. The maximum Gasteiger partial charge on any atom is 0.303 e. The van der Waals surface area contributed by atoms with E-state index in [1.54, 1.807) is 31.5 Å². The van der Waals surface area contributed by atoms with Gasteiger partial charge >= 0.3 is 23.9 Å². The molecule has 0 amide bonds. The molecule has 0 aliphatic carbocycles. The average Bonchev–Trinajstić information content (AvgIpc) is 2.18. The number of likely N-dealkylation sites (N-methyl/N-ethyl adjacent to an activating group) is 2. The molecule has 6 aromatic heterocycles. The summed E-state index contributed by atoms with van der Waals surface area (Å²) in [6.45, 7) is 15.4. The van der Waals surface area contributed by atoms with E-state index in [-0.39, 0.29) is 43.8 Å². The Bertz CT molecular complexity index is 3430. The Morgan fingerprint density at radius 3 is 1.16 bits per heavy atom. The molecule has 0 atom stereocenters. The third-order valence-electron chi connectivity index (χ3n) is 16.2. The van der Waals surface area contributed by atoms with Crippen LogP contribution in [0.4, 0.5) is 20.2 Å². The number of piperazine rings is 2. The molecule has 89 heavy (non-hydrogen) atoms. The summed E-state index contributed by atoms with van der Waals surface area (Å²) in [5.74, 6) is -4.77. The number of fused-ring (bicyclic) bond motifs is 4. The van der Waals surface area contributed by atoms with Gasteiger partial charge in [-0.05, 0) is 82.1 Å². The zero-order valence-electron chi connectivity index (χ0n) is 50.8. The van der Waals surface area contributed by atoms with Gasteiger partial charge in [-0.3, -0.25) is 38.9 Å². The fourth-order valence-corrected chi connectivity index (χ4v) is 11.3. The Labute approximate surface area is 513 Å². The van der Waals surface area contributed by atoms with Crippen LogP contribution in [0, 0.1) is 11.6 Å². The number of aliphatic hydroxyl groups excluding tert-OH is 1. The lowest BCUT2D eigenvalue weighted by molar-refractivity contribution is -0.143. The quantitative estimate of drug-likeness (QED) is 0.0777. The van der Waals surface area contributed by atoms with Crippen molar-refractivity contribution in [1.82, 2.24) is 58.8 Å². The molecule has 5 N–H and O–H groups in total. The normalized spacial score (nSPS) is 16.3. The van der Waals surface area contributed by atoms with Crippen molar-refractivity contribution in [2.24, 2.45) is 0 Å². The highest BCUT2D eigenvalue weighted by Crippen LogP contribution is 2.36. The van der Waals surface area contributed by atoms with Crippen LogP contribution >= 0.6 is 0 Å². The van der Waals surface area contributed by atoms with Crippen molar-refractivity contribution < 1.29 is 63.0 Å². The molecule has 0 spiro atoms. The van der Waals surface area contributed by atoms with Gasteiger partial charge in [-0.25, -0.2) is 27.8 Å². The van der Waals surface area contributed by atoms with Gasteiger partial charge in [-0.1, -0.05) is 0 Å². The standard InChI is InChI=1S/2C26H30FN7O.2C4H6O4.C2H6O/c2*1-31-9-11-33(12-10-31)18-4-7-32(8-5-18)19-15-29-26-22(16-30-34(26)17-19)20-3-6-28-24-14-23(27)25(35-2)13-21(20)24;2*5-3(6)1-2-4(7)8;1-2-3/h2*3,6,13-18H,4-5,7-12H2,1-2H3;2*1-2H2,(H,5,6)(H,7,8);3H,2H2,1H3. The number of pyridine rings is 2. The Morgan fingerprint density at radius 2 is 0.843 bits per heavy atom. The molecular formula is C62H78F2N14O11. The lowest BCUT2D eigenvalue weighted by Gasteiger charge is -2.42. The molecular weight excluding hydrogens is 1150 g/mol. The SMILES string of the molecule is CCO.COc1cc2c(-c3cnn4cc(N5CCC(N6CCN(C)CC6)CC5)cnc34)ccnc2cc1F.COc1cc2c(-c3cnn4cc(N5CCC(N6CCN(C)CC6)CC5)cnc34)ccnc2cc1F.O=C(O)CCC(=O)O.O=C(O)CCC(=O)O. The Hall–Kier alpha value is -8.76. The fraction of sp³-hybridized carbons (Fsp3) is 0.452. The van der Waals surface area contributed by atoms with E-state index in [1.807, 2.05) is 46.0 Å². The minimum absolute atomic E-state index is 0.193. The number of hydrogen-bond acceptors (Lipinski definition) is 19. The number of piperidine rings is 2. The van der Waals surface area contributed by atoms with Crippen molar-refractivity contribution in [2.45, 2.75) is 70.4 Å². The largest absolute Gasteiger partial charge is 0.494 e. The first-order valence-corrected chi connectivity index (χ1v) is 29.6. The number of anilines is 2. The third-order valence-corrected chi connectivity index (χ3v) is 16.2. The van der Waals surface area contributed by atoms with Crippen LogP contribution in [-0.2, 0) is 19.2 Å². The molecule has 0 radical (unpaired) electrons. The number of methoxy groups -OCH3 is 2. The molecule has 4 aliphatic rings. The van der Waals surface area contributed by atoms with E-state index in [2.05, 4.69) is 76.1 Å². The van der Waals surface area contributed by atoms with Gasteiger partial charge in [0.25, 0.3) is 0 Å². The number of carbonyl (C=O) groups is 4. The average molecular weight is 1230 g/mol. The van der Waals surface area contributed by atoms with Gasteiger partial charge in [0, 0.05) is 144 Å². The predicted molar refractivity (Wildman–Crippen MR) is 331 cm³/mol. The highest BCUT2D eigenvalue weighted by atomic mass is 19.1. The number of rotatable bonds is 14. The molecule has 4 saturated heterocycles. The second kappa shape index (κ2) is 31.4. The number of aromatic nitrogens is 8. The molecule has 476 valence electrons. The van der Waals surface area contributed by atoms with Gasteiger partial charge in [-0.2, -0.15) is 10.2 Å². The van der Waals surface area contributed by atoms with Crippen LogP contribution in [0.5, 0.6) is 11.5 Å². The van der Waals surface area contributed by atoms with Crippen molar-refractivity contribution in [3.63, 3.8) is 0 Å². The van der Waals surface area contributed by atoms with Crippen LogP contribution < -0.4 is 19.3 Å². The third kappa shape index (κ3) is 17.3. The number of nitrogens with zero attached hydrogens (tertiary/aromatic N) is 14.